The molecule has 1 aliphatic rings. The highest BCUT2D eigenvalue weighted by atomic mass is 16.5. The second-order valence-corrected chi connectivity index (χ2v) is 7.06. The Morgan fingerprint density at radius 1 is 1.00 bits per heavy atom. The van der Waals surface area contributed by atoms with Crippen LogP contribution in [0.2, 0.25) is 0 Å². The van der Waals surface area contributed by atoms with Crippen LogP contribution in [0.3, 0.4) is 0 Å². The first-order valence-corrected chi connectivity index (χ1v) is 9.63. The average Bonchev–Trinajstić information content (AvgIpc) is 3.18. The maximum atomic E-state index is 12.2. The molecule has 7 nitrogen and oxygen atoms in total. The van der Waals surface area contributed by atoms with Crippen molar-refractivity contribution in [3.05, 3.63) is 54.2 Å². The molecule has 1 aliphatic heterocycles. The van der Waals surface area contributed by atoms with E-state index < -0.39 is 12.0 Å². The van der Waals surface area contributed by atoms with Gasteiger partial charge in [0.15, 0.2) is 0 Å². The summed E-state index contributed by atoms with van der Waals surface area (Å²) in [6.45, 7) is 2.75. The van der Waals surface area contributed by atoms with Gasteiger partial charge in [0.25, 0.3) is 0 Å². The van der Waals surface area contributed by atoms with Gasteiger partial charge in [-0.15, -0.1) is 0 Å². The molecule has 4 rings (SSSR count). The van der Waals surface area contributed by atoms with E-state index >= 15 is 0 Å². The number of carboxylic acid groups (broad SMARTS) is 1. The number of hydrogen-bond donors (Lipinski definition) is 2. The number of carbonyl (C=O) groups is 1. The number of piperazine rings is 1. The van der Waals surface area contributed by atoms with Gasteiger partial charge in [-0.1, -0.05) is 24.3 Å². The zero-order valence-electron chi connectivity index (χ0n) is 16.6. The summed E-state index contributed by atoms with van der Waals surface area (Å²) in [4.78, 5) is 19.7. The molecular formula is C22H25N3O4. The quantitative estimate of drug-likeness (QED) is 0.668. The number of aliphatic carboxylic acids is 1. The first-order chi connectivity index (χ1) is 14.1. The molecule has 0 radical (unpaired) electrons. The number of carboxylic acids is 1. The summed E-state index contributed by atoms with van der Waals surface area (Å²) in [7, 11) is 3.28. The summed E-state index contributed by atoms with van der Waals surface area (Å²) in [5, 5.41) is 10.9. The topological polar surface area (TPSA) is 78.0 Å². The van der Waals surface area contributed by atoms with Gasteiger partial charge in [0.2, 0.25) is 0 Å². The summed E-state index contributed by atoms with van der Waals surface area (Å²) in [5.74, 6) is 0.692. The first-order valence-electron chi connectivity index (χ1n) is 9.63. The molecule has 1 atom stereocenters. The van der Waals surface area contributed by atoms with Crippen LogP contribution in [0.5, 0.6) is 11.5 Å². The Balaban J connectivity index is 1.58. The van der Waals surface area contributed by atoms with Gasteiger partial charge in [-0.2, -0.15) is 0 Å². The number of H-pyrrole nitrogens is 1. The van der Waals surface area contributed by atoms with Crippen LogP contribution in [0, 0.1) is 0 Å². The average molecular weight is 395 g/mol. The van der Waals surface area contributed by atoms with Gasteiger partial charge in [-0.25, -0.2) is 0 Å². The van der Waals surface area contributed by atoms with Crippen LogP contribution in [-0.2, 0) is 4.79 Å². The molecule has 3 aromatic rings. The van der Waals surface area contributed by atoms with Gasteiger partial charge in [0.05, 0.1) is 25.4 Å². The number of fused-ring (bicyclic) bond motifs is 1. The molecule has 152 valence electrons. The number of hydrogen-bond acceptors (Lipinski definition) is 5. The van der Waals surface area contributed by atoms with Gasteiger partial charge < -0.3 is 24.5 Å². The number of aromatic nitrogens is 1. The lowest BCUT2D eigenvalue weighted by Crippen LogP contribution is -2.49. The Morgan fingerprint density at radius 3 is 2.38 bits per heavy atom. The normalized spacial score (nSPS) is 16.0. The van der Waals surface area contributed by atoms with Crippen LogP contribution >= 0.6 is 0 Å². The minimum absolute atomic E-state index is 0.645. The van der Waals surface area contributed by atoms with Crippen molar-refractivity contribution in [3.63, 3.8) is 0 Å². The van der Waals surface area contributed by atoms with Gasteiger partial charge in [-0.3, -0.25) is 9.69 Å². The second-order valence-electron chi connectivity index (χ2n) is 7.06. The van der Waals surface area contributed by atoms with E-state index in [0.717, 1.165) is 41.0 Å². The van der Waals surface area contributed by atoms with Crippen LogP contribution in [0.15, 0.2) is 48.7 Å². The highest BCUT2D eigenvalue weighted by Gasteiger charge is 2.32. The number of benzene rings is 2. The molecular weight excluding hydrogens is 370 g/mol. The Morgan fingerprint density at radius 2 is 1.69 bits per heavy atom. The summed E-state index contributed by atoms with van der Waals surface area (Å²) >= 11 is 0. The number of anilines is 1. The lowest BCUT2D eigenvalue weighted by Gasteiger charge is -2.39. The molecule has 7 heteroatoms. The number of methoxy groups -OCH3 is 2. The number of para-hydroxylation sites is 3. The number of ether oxygens (including phenoxy) is 2. The van der Waals surface area contributed by atoms with Crippen LogP contribution in [-0.4, -0.2) is 61.4 Å². The summed E-state index contributed by atoms with van der Waals surface area (Å²) < 4.78 is 10.9. The second kappa shape index (κ2) is 8.05. The third-order valence-corrected chi connectivity index (χ3v) is 5.56. The van der Waals surface area contributed by atoms with Crippen molar-refractivity contribution in [2.75, 3.05) is 45.3 Å². The van der Waals surface area contributed by atoms with E-state index in [2.05, 4.69) is 9.88 Å². The predicted octanol–water partition coefficient (Wildman–Crippen LogP) is 3.13. The Kier molecular flexibility index (Phi) is 5.31. The van der Waals surface area contributed by atoms with Crippen molar-refractivity contribution in [1.29, 1.82) is 0 Å². The summed E-state index contributed by atoms with van der Waals surface area (Å²) in [6.07, 6.45) is 1.79. The fourth-order valence-corrected chi connectivity index (χ4v) is 4.14. The SMILES string of the molecule is COc1ccccc1N1CCN([C@@H](C(=O)O)c2c[nH]c3c(OC)cccc23)CC1. The van der Waals surface area contributed by atoms with E-state index in [1.165, 1.54) is 0 Å². The minimum Gasteiger partial charge on any atom is -0.495 e. The first kappa shape index (κ1) is 19.1. The van der Waals surface area contributed by atoms with Crippen LogP contribution in [0.1, 0.15) is 11.6 Å². The monoisotopic (exact) mass is 395 g/mol. The highest BCUT2D eigenvalue weighted by molar-refractivity contribution is 5.92. The highest BCUT2D eigenvalue weighted by Crippen LogP contribution is 2.34. The van der Waals surface area contributed by atoms with Gasteiger partial charge >= 0.3 is 5.97 Å². The van der Waals surface area contributed by atoms with E-state index in [0.29, 0.717) is 18.8 Å². The molecule has 29 heavy (non-hydrogen) atoms. The molecule has 1 saturated heterocycles. The fraction of sp³-hybridized carbons (Fsp3) is 0.318. The third-order valence-electron chi connectivity index (χ3n) is 5.56. The predicted molar refractivity (Wildman–Crippen MR) is 112 cm³/mol. The lowest BCUT2D eigenvalue weighted by atomic mass is 10.0. The van der Waals surface area contributed by atoms with Crippen molar-refractivity contribution in [3.8, 4) is 11.5 Å². The van der Waals surface area contributed by atoms with Crippen molar-refractivity contribution >= 4 is 22.6 Å². The van der Waals surface area contributed by atoms with Crippen molar-refractivity contribution < 1.29 is 19.4 Å². The molecule has 0 unspecified atom stereocenters. The number of rotatable bonds is 6. The Bertz CT molecular complexity index is 1010. The largest absolute Gasteiger partial charge is 0.495 e. The van der Waals surface area contributed by atoms with Crippen molar-refractivity contribution in [2.45, 2.75) is 6.04 Å². The fourth-order valence-electron chi connectivity index (χ4n) is 4.14. The molecule has 0 aliphatic carbocycles. The van der Waals surface area contributed by atoms with E-state index in [-0.39, 0.29) is 0 Å². The zero-order chi connectivity index (χ0) is 20.4. The molecule has 0 bridgehead atoms. The molecule has 0 spiro atoms. The van der Waals surface area contributed by atoms with Gasteiger partial charge in [0, 0.05) is 43.3 Å². The molecule has 2 N–H and O–H groups in total. The molecule has 2 aromatic carbocycles. The van der Waals surface area contributed by atoms with Crippen molar-refractivity contribution in [1.82, 2.24) is 9.88 Å². The van der Waals surface area contributed by atoms with Crippen LogP contribution in [0.4, 0.5) is 5.69 Å². The van der Waals surface area contributed by atoms with Gasteiger partial charge in [-0.05, 0) is 18.2 Å². The Labute approximate surface area is 169 Å². The molecule has 1 aromatic heterocycles. The molecule has 1 fully saturated rings. The number of nitrogens with zero attached hydrogens (tertiary/aromatic N) is 2. The molecule has 0 saturated carbocycles. The standard InChI is InChI=1S/C22H25N3O4/c1-28-18-8-4-3-7-17(18)24-10-12-25(13-11-24)21(22(26)27)16-14-23-20-15(16)6-5-9-19(20)29-2/h3-9,14,21,23H,10-13H2,1-2H3,(H,26,27)/t21-/m1/s1. The van der Waals surface area contributed by atoms with E-state index in [1.807, 2.05) is 47.4 Å². The zero-order valence-corrected chi connectivity index (χ0v) is 16.6. The summed E-state index contributed by atoms with van der Waals surface area (Å²) in [5.41, 5.74) is 2.62. The smallest absolute Gasteiger partial charge is 0.325 e. The number of aromatic amines is 1. The maximum Gasteiger partial charge on any atom is 0.325 e. The lowest BCUT2D eigenvalue weighted by molar-refractivity contribution is -0.143. The van der Waals surface area contributed by atoms with E-state index in [1.54, 1.807) is 20.4 Å². The third kappa shape index (κ3) is 3.49. The van der Waals surface area contributed by atoms with Crippen LogP contribution in [0.25, 0.3) is 10.9 Å². The van der Waals surface area contributed by atoms with E-state index in [4.69, 9.17) is 9.47 Å². The summed E-state index contributed by atoms with van der Waals surface area (Å²) in [6, 6.07) is 12.9. The minimum atomic E-state index is -0.848. The van der Waals surface area contributed by atoms with Crippen molar-refractivity contribution in [2.24, 2.45) is 0 Å². The molecule has 0 amide bonds. The molecule has 2 heterocycles. The van der Waals surface area contributed by atoms with Gasteiger partial charge in [0.1, 0.15) is 17.5 Å². The van der Waals surface area contributed by atoms with Crippen LogP contribution < -0.4 is 14.4 Å². The number of nitrogens with one attached hydrogen (secondary N) is 1. The maximum absolute atomic E-state index is 12.2. The Hall–Kier alpha value is -3.19. The van der Waals surface area contributed by atoms with E-state index in [9.17, 15) is 9.90 Å².